The highest BCUT2D eigenvalue weighted by Gasteiger charge is 2.50. The van der Waals surface area contributed by atoms with E-state index >= 15 is 0 Å². The van der Waals surface area contributed by atoms with Gasteiger partial charge in [-0.3, -0.25) is 0 Å². The molecule has 2 aromatic heterocycles. The highest BCUT2D eigenvalue weighted by Crippen LogP contribution is 2.45. The van der Waals surface area contributed by atoms with Crippen molar-refractivity contribution in [1.82, 2.24) is 9.38 Å². The monoisotopic (exact) mass is 543 g/mol. The van der Waals surface area contributed by atoms with E-state index in [9.17, 15) is 25.2 Å². The van der Waals surface area contributed by atoms with E-state index in [4.69, 9.17) is 23.9 Å². The van der Waals surface area contributed by atoms with Crippen LogP contribution in [0.15, 0.2) is 42.6 Å². The van der Waals surface area contributed by atoms with Gasteiger partial charge >= 0.3 is 5.97 Å². The topological polar surface area (TPSA) is 164 Å². The van der Waals surface area contributed by atoms with Gasteiger partial charge in [0, 0.05) is 24.6 Å². The molecule has 8 atom stereocenters. The van der Waals surface area contributed by atoms with Crippen molar-refractivity contribution in [3.63, 3.8) is 0 Å². The van der Waals surface area contributed by atoms with Gasteiger partial charge in [0.05, 0.1) is 30.6 Å². The van der Waals surface area contributed by atoms with E-state index in [1.807, 2.05) is 60.8 Å². The number of aryl methyl sites for hydroxylation is 2. The first-order valence-electron chi connectivity index (χ1n) is 12.7. The first-order valence-corrected chi connectivity index (χ1v) is 12.7. The summed E-state index contributed by atoms with van der Waals surface area (Å²) in [5.74, 6) is -1.49. The van der Waals surface area contributed by atoms with Crippen molar-refractivity contribution in [2.24, 2.45) is 0 Å². The van der Waals surface area contributed by atoms with Crippen LogP contribution < -0.4 is 5.32 Å². The Morgan fingerprint density at radius 3 is 2.51 bits per heavy atom. The number of methoxy groups -OCH3 is 1. The second kappa shape index (κ2) is 11.2. The maximum Gasteiger partial charge on any atom is 0.335 e. The van der Waals surface area contributed by atoms with Crippen molar-refractivity contribution in [3.05, 3.63) is 65.1 Å². The Balaban J connectivity index is 1.60. The molecule has 39 heavy (non-hydrogen) atoms. The lowest BCUT2D eigenvalue weighted by atomic mass is 9.88. The average molecular weight is 544 g/mol. The van der Waals surface area contributed by atoms with Crippen molar-refractivity contribution in [2.75, 3.05) is 25.6 Å². The molecule has 5 rings (SSSR count). The second-order valence-corrected chi connectivity index (χ2v) is 9.77. The molecule has 12 nitrogen and oxygen atoms in total. The minimum absolute atomic E-state index is 0.215. The predicted octanol–water partition coefficient (Wildman–Crippen LogP) is 1.10. The zero-order valence-corrected chi connectivity index (χ0v) is 21.8. The summed E-state index contributed by atoms with van der Waals surface area (Å²) in [4.78, 5) is 16.5. The number of nitrogens with one attached hydrogen (secondary N) is 1. The molecule has 0 spiro atoms. The van der Waals surface area contributed by atoms with Gasteiger partial charge in [0.1, 0.15) is 30.5 Å². The number of rotatable bonds is 8. The minimum atomic E-state index is -1.83. The van der Waals surface area contributed by atoms with Crippen molar-refractivity contribution < 1.29 is 44.2 Å². The standard InChI is InChI=1S/C27H33N3O9/c1-13-14(2)30-10-9-16-18(25(30)28-13)29-17(15-7-5-4-6-8-15)23(22(16)37-12-11-36-3)38-27-21(33)19(31)20(32)24(39-27)26(34)35/h4-10,17,19-24,27,29,31-33H,11-12H2,1-3H3,(H,34,35)/t17-,19+,20+,21-,22-,23-,24+,27-/m1/s1. The molecule has 2 aliphatic heterocycles. The summed E-state index contributed by atoms with van der Waals surface area (Å²) < 4.78 is 25.3. The molecule has 2 aliphatic rings. The van der Waals surface area contributed by atoms with Gasteiger partial charge in [0.2, 0.25) is 0 Å². The Kier molecular flexibility index (Phi) is 7.87. The zero-order valence-electron chi connectivity index (χ0n) is 21.8. The fraction of sp³-hybridized carbons (Fsp3) is 0.481. The van der Waals surface area contributed by atoms with Gasteiger partial charge in [-0.2, -0.15) is 0 Å². The zero-order chi connectivity index (χ0) is 27.8. The molecule has 0 radical (unpaired) electrons. The Morgan fingerprint density at radius 2 is 1.82 bits per heavy atom. The van der Waals surface area contributed by atoms with E-state index < -0.39 is 54.9 Å². The highest BCUT2D eigenvalue weighted by atomic mass is 16.7. The van der Waals surface area contributed by atoms with Gasteiger partial charge in [0.15, 0.2) is 18.0 Å². The van der Waals surface area contributed by atoms with Crippen LogP contribution in [-0.2, 0) is 23.7 Å². The number of ether oxygens (including phenoxy) is 4. The number of anilines is 1. The lowest BCUT2D eigenvalue weighted by Gasteiger charge is -2.45. The highest BCUT2D eigenvalue weighted by molar-refractivity contribution is 5.75. The van der Waals surface area contributed by atoms with Gasteiger partial charge in [-0.05, 0) is 25.5 Å². The number of pyridine rings is 1. The molecule has 1 saturated heterocycles. The fourth-order valence-electron chi connectivity index (χ4n) is 5.17. The third-order valence-corrected chi connectivity index (χ3v) is 7.38. The summed E-state index contributed by atoms with van der Waals surface area (Å²) in [5, 5.41) is 44.3. The van der Waals surface area contributed by atoms with E-state index in [-0.39, 0.29) is 6.61 Å². The number of aliphatic hydroxyl groups excluding tert-OH is 3. The van der Waals surface area contributed by atoms with Crippen LogP contribution in [0.5, 0.6) is 0 Å². The van der Waals surface area contributed by atoms with Crippen molar-refractivity contribution in [1.29, 1.82) is 0 Å². The number of carbonyl (C=O) groups is 1. The molecular formula is C27H33N3O9. The maximum absolute atomic E-state index is 11.7. The van der Waals surface area contributed by atoms with E-state index in [0.29, 0.717) is 12.3 Å². The summed E-state index contributed by atoms with van der Waals surface area (Å²) in [6.45, 7) is 4.44. The first kappa shape index (κ1) is 27.5. The van der Waals surface area contributed by atoms with Crippen LogP contribution in [-0.4, -0.2) is 92.9 Å². The molecule has 0 bridgehead atoms. The van der Waals surface area contributed by atoms with Crippen LogP contribution in [0.25, 0.3) is 5.65 Å². The fourth-order valence-corrected chi connectivity index (χ4v) is 5.17. The minimum Gasteiger partial charge on any atom is -0.479 e. The molecule has 1 fully saturated rings. The molecule has 1 aromatic carbocycles. The van der Waals surface area contributed by atoms with Crippen molar-refractivity contribution >= 4 is 17.3 Å². The number of imidazole rings is 1. The lowest BCUT2D eigenvalue weighted by molar-refractivity contribution is -0.314. The van der Waals surface area contributed by atoms with Crippen molar-refractivity contribution in [2.45, 2.75) is 62.8 Å². The number of hydrogen-bond acceptors (Lipinski definition) is 10. The average Bonchev–Trinajstić information content (AvgIpc) is 3.23. The Labute approximate surface area is 224 Å². The Bertz CT molecular complexity index is 1320. The molecule has 0 amide bonds. The van der Waals surface area contributed by atoms with E-state index in [2.05, 4.69) is 5.32 Å². The van der Waals surface area contributed by atoms with E-state index in [1.54, 1.807) is 7.11 Å². The number of aromatic nitrogens is 2. The van der Waals surface area contributed by atoms with Crippen molar-refractivity contribution in [3.8, 4) is 0 Å². The van der Waals surface area contributed by atoms with Gasteiger partial charge < -0.3 is 49.1 Å². The largest absolute Gasteiger partial charge is 0.479 e. The molecule has 5 N–H and O–H groups in total. The third-order valence-electron chi connectivity index (χ3n) is 7.38. The van der Waals surface area contributed by atoms with Gasteiger partial charge in [0.25, 0.3) is 0 Å². The van der Waals surface area contributed by atoms with Gasteiger partial charge in [-0.25, -0.2) is 9.78 Å². The molecular weight excluding hydrogens is 510 g/mol. The summed E-state index contributed by atoms with van der Waals surface area (Å²) in [6.07, 6.45) is -8.42. The Hall–Kier alpha value is -3.10. The summed E-state index contributed by atoms with van der Waals surface area (Å²) in [7, 11) is 1.56. The molecule has 4 heterocycles. The Morgan fingerprint density at radius 1 is 1.08 bits per heavy atom. The third kappa shape index (κ3) is 5.00. The van der Waals surface area contributed by atoms with Gasteiger partial charge in [-0.1, -0.05) is 30.3 Å². The van der Waals surface area contributed by atoms with E-state index in [1.165, 1.54) is 0 Å². The number of aliphatic hydroxyl groups is 3. The van der Waals surface area contributed by atoms with Crippen LogP contribution in [0, 0.1) is 13.8 Å². The van der Waals surface area contributed by atoms with Crippen LogP contribution in [0.4, 0.5) is 5.69 Å². The predicted molar refractivity (Wildman–Crippen MR) is 137 cm³/mol. The smallest absolute Gasteiger partial charge is 0.335 e. The normalized spacial score (nSPS) is 30.6. The first-order chi connectivity index (χ1) is 18.7. The molecule has 0 aliphatic carbocycles. The van der Waals surface area contributed by atoms with Crippen LogP contribution in [0.3, 0.4) is 0 Å². The molecule has 0 saturated carbocycles. The summed E-state index contributed by atoms with van der Waals surface area (Å²) in [5.41, 5.74) is 4.89. The number of aliphatic carboxylic acids is 1. The second-order valence-electron chi connectivity index (χ2n) is 9.77. The lowest BCUT2D eigenvalue weighted by Crippen LogP contribution is -2.61. The summed E-state index contributed by atoms with van der Waals surface area (Å²) in [6, 6.07) is 10.8. The molecule has 210 valence electrons. The van der Waals surface area contributed by atoms with Gasteiger partial charge in [-0.15, -0.1) is 0 Å². The van der Waals surface area contributed by atoms with Crippen LogP contribution >= 0.6 is 0 Å². The molecule has 0 unspecified atom stereocenters. The number of hydrogen-bond donors (Lipinski definition) is 5. The van der Waals surface area contributed by atoms with E-state index in [0.717, 1.165) is 28.2 Å². The quantitative estimate of drug-likeness (QED) is 0.258. The number of fused-ring (bicyclic) bond motifs is 3. The number of carboxylic acids is 1. The number of benzene rings is 1. The molecule has 12 heteroatoms. The SMILES string of the molecule is COCCO[C@@H]1c2ccn3c(C)c(C)nc3c2N[C@H](c2ccccc2)[C@H]1O[C@@H]1O[C@H](C(=O)O)[C@@H](O)[C@H](O)[C@H]1O. The summed E-state index contributed by atoms with van der Waals surface area (Å²) >= 11 is 0. The maximum atomic E-state index is 11.7. The number of carboxylic acid groups (broad SMARTS) is 1. The van der Waals surface area contributed by atoms with Crippen LogP contribution in [0.1, 0.15) is 34.7 Å². The molecule has 3 aromatic rings. The van der Waals surface area contributed by atoms with Crippen LogP contribution in [0.2, 0.25) is 0 Å². The number of nitrogens with zero attached hydrogens (tertiary/aromatic N) is 2.